The molecule has 2 N–H and O–H groups in total. The molecule has 74 valence electrons. The highest BCUT2D eigenvalue weighted by Crippen LogP contribution is 2.12. The third-order valence-corrected chi connectivity index (χ3v) is 2.46. The van der Waals surface area contributed by atoms with Gasteiger partial charge in [-0.15, -0.1) is 0 Å². The molecule has 0 aromatic heterocycles. The molecule has 0 radical (unpaired) electrons. The largest absolute Gasteiger partial charge is 0.343 e. The van der Waals surface area contributed by atoms with Crippen molar-refractivity contribution in [2.45, 2.75) is 12.5 Å². The number of hydrogen-bond donors (Lipinski definition) is 1. The highest BCUT2D eigenvalue weighted by Gasteiger charge is 2.26. The third kappa shape index (κ3) is 2.18. The van der Waals surface area contributed by atoms with Crippen LogP contribution in [0.4, 0.5) is 0 Å². The number of carbonyl (C=O) groups excluding carboxylic acids is 2. The molecule has 1 unspecified atom stereocenters. The van der Waals surface area contributed by atoms with Gasteiger partial charge in [-0.05, 0) is 6.42 Å². The first-order valence-corrected chi connectivity index (χ1v) is 4.34. The van der Waals surface area contributed by atoms with E-state index in [-0.39, 0.29) is 18.5 Å². The van der Waals surface area contributed by atoms with E-state index in [0.29, 0.717) is 6.54 Å². The summed E-state index contributed by atoms with van der Waals surface area (Å²) in [6.45, 7) is 1.40. The van der Waals surface area contributed by atoms with Crippen molar-refractivity contribution < 1.29 is 9.59 Å². The Hall–Kier alpha value is -1.10. The van der Waals surface area contributed by atoms with Crippen LogP contribution in [0.3, 0.4) is 0 Å². The molecule has 1 fully saturated rings. The predicted octanol–water partition coefficient (Wildman–Crippen LogP) is -1.37. The van der Waals surface area contributed by atoms with Crippen molar-refractivity contribution in [2.24, 2.45) is 5.73 Å². The van der Waals surface area contributed by atoms with E-state index in [0.717, 1.165) is 19.4 Å². The van der Waals surface area contributed by atoms with Gasteiger partial charge in [0.2, 0.25) is 12.3 Å². The van der Waals surface area contributed by atoms with Crippen LogP contribution in [0, 0.1) is 0 Å². The molecule has 1 rings (SSSR count). The van der Waals surface area contributed by atoms with Crippen LogP contribution < -0.4 is 5.73 Å². The molecule has 0 bridgehead atoms. The van der Waals surface area contributed by atoms with Crippen LogP contribution in [0.5, 0.6) is 0 Å². The first-order chi connectivity index (χ1) is 6.19. The van der Waals surface area contributed by atoms with Gasteiger partial charge < -0.3 is 15.5 Å². The lowest BCUT2D eigenvalue weighted by Gasteiger charge is -2.23. The molecule has 1 aliphatic heterocycles. The zero-order chi connectivity index (χ0) is 9.84. The standard InChI is InChI=1S/C8H15N3O2/c1-10(8(13)4-9)7-2-3-11(5-7)6-12/h6-7H,2-5,9H2,1H3. The fourth-order valence-corrected chi connectivity index (χ4v) is 1.53. The van der Waals surface area contributed by atoms with Gasteiger partial charge in [-0.3, -0.25) is 9.59 Å². The van der Waals surface area contributed by atoms with Gasteiger partial charge in [-0.25, -0.2) is 0 Å². The zero-order valence-electron chi connectivity index (χ0n) is 7.77. The van der Waals surface area contributed by atoms with Crippen molar-refractivity contribution in [3.05, 3.63) is 0 Å². The number of likely N-dealkylation sites (tertiary alicyclic amines) is 1. The number of hydrogen-bond acceptors (Lipinski definition) is 3. The fourth-order valence-electron chi connectivity index (χ4n) is 1.53. The molecule has 1 aliphatic rings. The molecule has 0 aliphatic carbocycles. The minimum atomic E-state index is -0.0715. The SMILES string of the molecule is CN(C(=O)CN)C1CCN(C=O)C1. The van der Waals surface area contributed by atoms with Crippen LogP contribution >= 0.6 is 0 Å². The molecule has 5 nitrogen and oxygen atoms in total. The Labute approximate surface area is 77.5 Å². The Morgan fingerprint density at radius 3 is 2.92 bits per heavy atom. The number of rotatable bonds is 3. The molecular formula is C8H15N3O2. The van der Waals surface area contributed by atoms with Gasteiger partial charge in [-0.1, -0.05) is 0 Å². The first kappa shape index (κ1) is 9.98. The predicted molar refractivity (Wildman–Crippen MR) is 47.9 cm³/mol. The van der Waals surface area contributed by atoms with Crippen molar-refractivity contribution in [3.63, 3.8) is 0 Å². The molecule has 0 aromatic rings. The van der Waals surface area contributed by atoms with Crippen LogP contribution in [0.1, 0.15) is 6.42 Å². The minimum absolute atomic E-state index is 0.0358. The molecule has 2 amide bonds. The van der Waals surface area contributed by atoms with Crippen molar-refractivity contribution in [1.82, 2.24) is 9.80 Å². The second-order valence-corrected chi connectivity index (χ2v) is 3.25. The maximum absolute atomic E-state index is 11.2. The molecule has 0 spiro atoms. The minimum Gasteiger partial charge on any atom is -0.343 e. The first-order valence-electron chi connectivity index (χ1n) is 4.34. The summed E-state index contributed by atoms with van der Waals surface area (Å²) in [5.74, 6) is -0.0715. The molecule has 1 saturated heterocycles. The number of nitrogens with zero attached hydrogens (tertiary/aromatic N) is 2. The third-order valence-electron chi connectivity index (χ3n) is 2.46. The van der Waals surface area contributed by atoms with Gasteiger partial charge in [0.05, 0.1) is 12.6 Å². The lowest BCUT2D eigenvalue weighted by molar-refractivity contribution is -0.130. The van der Waals surface area contributed by atoms with Gasteiger partial charge in [0.1, 0.15) is 0 Å². The smallest absolute Gasteiger partial charge is 0.236 e. The fraction of sp³-hybridized carbons (Fsp3) is 0.750. The van der Waals surface area contributed by atoms with E-state index in [2.05, 4.69) is 0 Å². The monoisotopic (exact) mass is 185 g/mol. The molecular weight excluding hydrogens is 170 g/mol. The van der Waals surface area contributed by atoms with E-state index in [1.54, 1.807) is 16.8 Å². The summed E-state index contributed by atoms with van der Waals surface area (Å²) >= 11 is 0. The quantitative estimate of drug-likeness (QED) is 0.552. The lowest BCUT2D eigenvalue weighted by atomic mass is 10.2. The normalized spacial score (nSPS) is 21.7. The second kappa shape index (κ2) is 4.23. The maximum Gasteiger partial charge on any atom is 0.236 e. The number of carbonyl (C=O) groups is 2. The number of likely N-dealkylation sites (N-methyl/N-ethyl adjacent to an activating group) is 1. The van der Waals surface area contributed by atoms with Crippen molar-refractivity contribution in [3.8, 4) is 0 Å². The average Bonchev–Trinajstić information content (AvgIpc) is 2.63. The molecule has 0 aromatic carbocycles. The summed E-state index contributed by atoms with van der Waals surface area (Å²) in [6.07, 6.45) is 1.67. The van der Waals surface area contributed by atoms with E-state index >= 15 is 0 Å². The van der Waals surface area contributed by atoms with E-state index in [1.807, 2.05) is 0 Å². The van der Waals surface area contributed by atoms with E-state index in [9.17, 15) is 9.59 Å². The average molecular weight is 185 g/mol. The summed E-state index contributed by atoms with van der Waals surface area (Å²) in [4.78, 5) is 24.9. The van der Waals surface area contributed by atoms with Crippen LogP contribution in [-0.4, -0.2) is 54.8 Å². The Morgan fingerprint density at radius 2 is 2.46 bits per heavy atom. The summed E-state index contributed by atoms with van der Waals surface area (Å²) in [7, 11) is 1.73. The van der Waals surface area contributed by atoms with Gasteiger partial charge in [0.25, 0.3) is 0 Å². The Kier molecular flexibility index (Phi) is 3.25. The molecule has 1 heterocycles. The highest BCUT2D eigenvalue weighted by molar-refractivity contribution is 5.78. The Morgan fingerprint density at radius 1 is 1.77 bits per heavy atom. The van der Waals surface area contributed by atoms with Crippen molar-refractivity contribution in [1.29, 1.82) is 0 Å². The van der Waals surface area contributed by atoms with Crippen LogP contribution in [0.2, 0.25) is 0 Å². The van der Waals surface area contributed by atoms with E-state index < -0.39 is 0 Å². The Bertz CT molecular complexity index is 208. The number of nitrogens with two attached hydrogens (primary N) is 1. The van der Waals surface area contributed by atoms with Crippen LogP contribution in [0.25, 0.3) is 0 Å². The highest BCUT2D eigenvalue weighted by atomic mass is 16.2. The molecule has 0 saturated carbocycles. The zero-order valence-corrected chi connectivity index (χ0v) is 7.77. The van der Waals surface area contributed by atoms with Crippen LogP contribution in [0.15, 0.2) is 0 Å². The van der Waals surface area contributed by atoms with Crippen molar-refractivity contribution >= 4 is 12.3 Å². The van der Waals surface area contributed by atoms with Gasteiger partial charge in [-0.2, -0.15) is 0 Å². The molecule has 13 heavy (non-hydrogen) atoms. The topological polar surface area (TPSA) is 66.6 Å². The molecule has 1 atom stereocenters. The maximum atomic E-state index is 11.2. The van der Waals surface area contributed by atoms with Crippen LogP contribution in [-0.2, 0) is 9.59 Å². The van der Waals surface area contributed by atoms with E-state index in [4.69, 9.17) is 5.73 Å². The summed E-state index contributed by atoms with van der Waals surface area (Å²) in [5, 5.41) is 0. The number of amides is 2. The van der Waals surface area contributed by atoms with Gasteiger partial charge >= 0.3 is 0 Å². The summed E-state index contributed by atoms with van der Waals surface area (Å²) < 4.78 is 0. The Balaban J connectivity index is 2.45. The van der Waals surface area contributed by atoms with Crippen molar-refractivity contribution in [2.75, 3.05) is 26.7 Å². The second-order valence-electron chi connectivity index (χ2n) is 3.25. The lowest BCUT2D eigenvalue weighted by Crippen LogP contribution is -2.41. The van der Waals surface area contributed by atoms with Gasteiger partial charge in [0.15, 0.2) is 0 Å². The van der Waals surface area contributed by atoms with Gasteiger partial charge in [0, 0.05) is 20.1 Å². The molecule has 5 heteroatoms. The van der Waals surface area contributed by atoms with E-state index in [1.165, 1.54) is 0 Å². The summed E-state index contributed by atoms with van der Waals surface area (Å²) in [6, 6.07) is 0.140. The summed E-state index contributed by atoms with van der Waals surface area (Å²) in [5.41, 5.74) is 5.23.